The van der Waals surface area contributed by atoms with Crippen LogP contribution in [0.2, 0.25) is 0 Å². The predicted octanol–water partition coefficient (Wildman–Crippen LogP) is 3.50. The van der Waals surface area contributed by atoms with E-state index in [0.717, 1.165) is 17.6 Å². The Morgan fingerprint density at radius 3 is 2.52 bits per heavy atom. The molecule has 0 unspecified atom stereocenters. The van der Waals surface area contributed by atoms with Gasteiger partial charge in [0.15, 0.2) is 6.29 Å². The Morgan fingerprint density at radius 2 is 1.93 bits per heavy atom. The summed E-state index contributed by atoms with van der Waals surface area (Å²) in [6.07, 6.45) is 6.18. The predicted molar refractivity (Wildman–Crippen MR) is 118 cm³/mol. The highest BCUT2D eigenvalue weighted by Crippen LogP contribution is 2.27. The van der Waals surface area contributed by atoms with E-state index in [1.54, 1.807) is 11.1 Å². The Kier molecular flexibility index (Phi) is 7.27. The lowest BCUT2D eigenvalue weighted by Gasteiger charge is -2.46. The van der Waals surface area contributed by atoms with Gasteiger partial charge in [-0.1, -0.05) is 12.2 Å². The van der Waals surface area contributed by atoms with Gasteiger partial charge in [-0.3, -0.25) is 9.79 Å². The van der Waals surface area contributed by atoms with Crippen LogP contribution in [0.5, 0.6) is 0 Å². The van der Waals surface area contributed by atoms with Crippen molar-refractivity contribution in [3.05, 3.63) is 35.2 Å². The molecule has 1 saturated heterocycles. The number of piperazine rings is 1. The summed E-state index contributed by atoms with van der Waals surface area (Å²) in [6, 6.07) is 0.0644. The Hall–Kier alpha value is -2.57. The number of rotatable bonds is 4. The Labute approximate surface area is 175 Å². The number of allylic oxidation sites excluding steroid dienone is 2. The summed E-state index contributed by atoms with van der Waals surface area (Å²) in [4.78, 5) is 32.8. The lowest BCUT2D eigenvalue weighted by atomic mass is 10.0. The van der Waals surface area contributed by atoms with Crippen molar-refractivity contribution in [2.45, 2.75) is 66.2 Å². The summed E-state index contributed by atoms with van der Waals surface area (Å²) in [6.45, 7) is 15.4. The van der Waals surface area contributed by atoms with Crippen molar-refractivity contribution in [3.63, 3.8) is 0 Å². The minimum Gasteiger partial charge on any atom is -0.444 e. The fourth-order valence-electron chi connectivity index (χ4n) is 3.59. The first-order valence-corrected chi connectivity index (χ1v) is 10.1. The number of ether oxygens (including phenoxy) is 1. The van der Waals surface area contributed by atoms with Crippen LogP contribution in [0.4, 0.5) is 4.79 Å². The zero-order valence-corrected chi connectivity index (χ0v) is 18.7. The maximum Gasteiger partial charge on any atom is 0.410 e. The van der Waals surface area contributed by atoms with E-state index in [9.17, 15) is 9.59 Å². The van der Waals surface area contributed by atoms with E-state index in [1.165, 1.54) is 0 Å². The van der Waals surface area contributed by atoms with Gasteiger partial charge in [-0.25, -0.2) is 4.79 Å². The molecule has 7 heteroatoms. The quantitative estimate of drug-likeness (QED) is 0.573. The molecular formula is C22H36N4O3. The van der Waals surface area contributed by atoms with E-state index in [1.807, 2.05) is 53.7 Å². The maximum atomic E-state index is 12.6. The number of hydrogen-bond donors (Lipinski definition) is 1. The number of hydrogen-bond acceptors (Lipinski definition) is 5. The number of amides is 1. The number of carbonyl (C=O) groups excluding carboxylic acids is 2. The van der Waals surface area contributed by atoms with Crippen LogP contribution in [0.15, 0.2) is 40.2 Å². The van der Waals surface area contributed by atoms with Crippen molar-refractivity contribution >= 4 is 18.2 Å². The second-order valence-electron chi connectivity index (χ2n) is 8.56. The van der Waals surface area contributed by atoms with Gasteiger partial charge in [0.05, 0.1) is 6.54 Å². The van der Waals surface area contributed by atoms with Gasteiger partial charge in [0.25, 0.3) is 0 Å². The molecular weight excluding hydrogens is 368 g/mol. The molecule has 2 aliphatic rings. The summed E-state index contributed by atoms with van der Waals surface area (Å²) in [7, 11) is 0. The largest absolute Gasteiger partial charge is 0.444 e. The van der Waals surface area contributed by atoms with Crippen LogP contribution in [0.3, 0.4) is 0 Å². The van der Waals surface area contributed by atoms with Crippen LogP contribution >= 0.6 is 0 Å². The summed E-state index contributed by atoms with van der Waals surface area (Å²) < 4.78 is 5.56. The topological polar surface area (TPSA) is 74.2 Å². The monoisotopic (exact) mass is 404 g/mol. The molecule has 2 rings (SSSR count). The Bertz CT molecular complexity index is 765. The molecule has 0 spiro atoms. The minimum absolute atomic E-state index is 0. The van der Waals surface area contributed by atoms with Crippen LogP contribution in [0, 0.1) is 0 Å². The molecule has 0 radical (unpaired) electrons. The molecule has 0 bridgehead atoms. The van der Waals surface area contributed by atoms with Crippen LogP contribution in [-0.2, 0) is 9.53 Å². The van der Waals surface area contributed by atoms with Crippen LogP contribution in [0.25, 0.3) is 0 Å². The number of aliphatic imine (C=N–C) groups is 1. The first kappa shape index (κ1) is 22.7. The first-order chi connectivity index (χ1) is 13.6. The number of amidine groups is 1. The third-order valence-electron chi connectivity index (χ3n) is 5.01. The van der Waals surface area contributed by atoms with E-state index in [-0.39, 0.29) is 19.6 Å². The maximum absolute atomic E-state index is 12.6. The number of aldehydes is 1. The second-order valence-corrected chi connectivity index (χ2v) is 8.56. The molecule has 0 aromatic rings. The van der Waals surface area contributed by atoms with E-state index in [2.05, 4.69) is 22.1 Å². The van der Waals surface area contributed by atoms with Gasteiger partial charge in [0.2, 0.25) is 0 Å². The van der Waals surface area contributed by atoms with Gasteiger partial charge in [0, 0.05) is 49.6 Å². The summed E-state index contributed by atoms with van der Waals surface area (Å²) in [5.74, 6) is 0.706. The van der Waals surface area contributed by atoms with E-state index in [0.29, 0.717) is 31.0 Å². The highest BCUT2D eigenvalue weighted by molar-refractivity contribution is 6.12. The van der Waals surface area contributed by atoms with Crippen molar-refractivity contribution in [2.24, 2.45) is 4.99 Å². The molecule has 0 saturated carbocycles. The van der Waals surface area contributed by atoms with Gasteiger partial charge in [0.1, 0.15) is 11.4 Å². The zero-order valence-electron chi connectivity index (χ0n) is 18.7. The average molecular weight is 405 g/mol. The van der Waals surface area contributed by atoms with Gasteiger partial charge < -0.3 is 19.9 Å². The normalized spacial score (nSPS) is 25.9. The number of nitrogens with one attached hydrogen (secondary N) is 1. The van der Waals surface area contributed by atoms with Gasteiger partial charge in [-0.05, 0) is 48.5 Å². The van der Waals surface area contributed by atoms with Crippen molar-refractivity contribution in [2.75, 3.05) is 19.6 Å². The van der Waals surface area contributed by atoms with Gasteiger partial charge in [-0.2, -0.15) is 0 Å². The molecule has 2 aliphatic heterocycles. The number of nitrogens with zero attached hydrogens (tertiary/aromatic N) is 3. The highest BCUT2D eigenvalue weighted by Gasteiger charge is 2.36. The second kappa shape index (κ2) is 9.29. The van der Waals surface area contributed by atoms with Gasteiger partial charge >= 0.3 is 6.09 Å². The molecule has 0 aliphatic carbocycles. The fourth-order valence-corrected chi connectivity index (χ4v) is 3.59. The molecule has 2 atom stereocenters. The average Bonchev–Trinajstić information content (AvgIpc) is 3.04. The highest BCUT2D eigenvalue weighted by atomic mass is 16.6. The van der Waals surface area contributed by atoms with Crippen LogP contribution < -0.4 is 5.32 Å². The Balaban J connectivity index is 0.00000450. The van der Waals surface area contributed by atoms with Gasteiger partial charge in [-0.15, -0.1) is 0 Å². The smallest absolute Gasteiger partial charge is 0.410 e. The molecule has 1 N–H and O–H groups in total. The molecule has 29 heavy (non-hydrogen) atoms. The molecule has 1 fully saturated rings. The molecule has 0 aromatic carbocycles. The summed E-state index contributed by atoms with van der Waals surface area (Å²) in [5.41, 5.74) is 1.88. The van der Waals surface area contributed by atoms with E-state index < -0.39 is 5.60 Å². The van der Waals surface area contributed by atoms with Crippen LogP contribution in [-0.4, -0.2) is 65.3 Å². The van der Waals surface area contributed by atoms with E-state index >= 15 is 0 Å². The number of carbonyl (C=O) groups is 2. The van der Waals surface area contributed by atoms with Crippen LogP contribution in [0.1, 0.15) is 49.9 Å². The fraction of sp³-hybridized carbons (Fsp3) is 0.591. The van der Waals surface area contributed by atoms with E-state index in [4.69, 9.17) is 4.74 Å². The molecule has 7 nitrogen and oxygen atoms in total. The molecule has 1 amide bonds. The third kappa shape index (κ3) is 5.49. The summed E-state index contributed by atoms with van der Waals surface area (Å²) >= 11 is 0. The molecule has 0 aromatic heterocycles. The zero-order chi connectivity index (χ0) is 21.8. The van der Waals surface area contributed by atoms with Crippen molar-refractivity contribution in [1.29, 1.82) is 0 Å². The Morgan fingerprint density at radius 1 is 1.31 bits per heavy atom. The minimum atomic E-state index is -0.521. The molecule has 162 valence electrons. The SMILES string of the molecule is C/C=C\CN=C1NC=C(C=O)/C1=C(/C)N1C[C@@H](C)N(C(=O)OC(C)(C)C)C[C@@H]1C.[HH]. The first-order valence-electron chi connectivity index (χ1n) is 10.1. The van der Waals surface area contributed by atoms with Crippen molar-refractivity contribution in [1.82, 2.24) is 15.1 Å². The van der Waals surface area contributed by atoms with Crippen molar-refractivity contribution < 1.29 is 15.8 Å². The third-order valence-corrected chi connectivity index (χ3v) is 5.01. The summed E-state index contributed by atoms with van der Waals surface area (Å²) in [5, 5.41) is 3.12. The lowest BCUT2D eigenvalue weighted by Crippen LogP contribution is -2.58. The lowest BCUT2D eigenvalue weighted by molar-refractivity contribution is -0.104. The standard InChI is InChI=1S/C22H34N4O3.H2/c1-8-9-10-23-20-19(18(14-27)11-24-20)17(4)25-12-16(3)26(13-15(25)2)21(28)29-22(5,6)7;/h8-9,11,14-16H,10,12-13H2,1-7H3,(H,23,24);1H/b9-8-,19-17+;/t15-,16+;/m0./s1. The molecule has 2 heterocycles. The van der Waals surface area contributed by atoms with Crippen molar-refractivity contribution in [3.8, 4) is 0 Å².